The van der Waals surface area contributed by atoms with Crippen molar-refractivity contribution >= 4 is 11.6 Å². The van der Waals surface area contributed by atoms with E-state index < -0.39 is 11.3 Å². The number of aliphatic hydroxyl groups is 1. The maximum absolute atomic E-state index is 13.4. The van der Waals surface area contributed by atoms with Gasteiger partial charge in [-0.25, -0.2) is 18.9 Å². The predicted molar refractivity (Wildman–Crippen MR) is 136 cm³/mol. The lowest BCUT2D eigenvalue weighted by atomic mass is 10.0. The molecule has 0 saturated heterocycles. The molecule has 10 heteroatoms. The Balaban J connectivity index is 1.76. The predicted octanol–water partition coefficient (Wildman–Crippen LogP) is 2.18. The average molecular weight is 484 g/mol. The average Bonchev–Trinajstić information content (AvgIpc) is 3.17. The van der Waals surface area contributed by atoms with Gasteiger partial charge in [-0.3, -0.25) is 9.78 Å². The molecular formula is C26H25N7O3. The number of rotatable bonds is 5. The van der Waals surface area contributed by atoms with Crippen LogP contribution in [-0.4, -0.2) is 33.8 Å². The Morgan fingerprint density at radius 2 is 1.69 bits per heavy atom. The summed E-state index contributed by atoms with van der Waals surface area (Å²) in [5.41, 5.74) is 8.41. The minimum absolute atomic E-state index is 0.00752. The fourth-order valence-corrected chi connectivity index (χ4v) is 4.08. The van der Waals surface area contributed by atoms with Crippen LogP contribution in [0.3, 0.4) is 0 Å². The summed E-state index contributed by atoms with van der Waals surface area (Å²) in [7, 11) is 1.65. The van der Waals surface area contributed by atoms with Gasteiger partial charge in [0, 0.05) is 30.4 Å². The quantitative estimate of drug-likeness (QED) is 0.391. The Morgan fingerprint density at radius 3 is 2.39 bits per heavy atom. The maximum Gasteiger partial charge on any atom is 0.353 e. The van der Waals surface area contributed by atoms with Gasteiger partial charge >= 0.3 is 5.69 Å². The molecule has 0 saturated carbocycles. The molecule has 0 aliphatic heterocycles. The van der Waals surface area contributed by atoms with Crippen LogP contribution in [-0.2, 0) is 19.2 Å². The Kier molecular flexibility index (Phi) is 5.52. The number of nitrogen functional groups attached to an aromatic ring is 1. The first kappa shape index (κ1) is 23.2. The lowest BCUT2D eigenvalue weighted by Crippen LogP contribution is -2.25. The van der Waals surface area contributed by atoms with E-state index in [-0.39, 0.29) is 18.1 Å². The summed E-state index contributed by atoms with van der Waals surface area (Å²) in [6.45, 7) is 3.36. The molecule has 0 spiro atoms. The van der Waals surface area contributed by atoms with Crippen LogP contribution in [0.2, 0.25) is 0 Å². The molecule has 36 heavy (non-hydrogen) atoms. The van der Waals surface area contributed by atoms with E-state index in [0.29, 0.717) is 33.9 Å². The van der Waals surface area contributed by atoms with Gasteiger partial charge in [0.15, 0.2) is 5.65 Å². The van der Waals surface area contributed by atoms with Gasteiger partial charge in [0.25, 0.3) is 0 Å². The second-order valence-electron chi connectivity index (χ2n) is 9.10. The van der Waals surface area contributed by atoms with Crippen LogP contribution in [0.5, 0.6) is 0 Å². The molecule has 0 bridgehead atoms. The summed E-state index contributed by atoms with van der Waals surface area (Å²) >= 11 is 0. The number of pyridine rings is 2. The first-order valence-corrected chi connectivity index (χ1v) is 11.3. The summed E-state index contributed by atoms with van der Waals surface area (Å²) in [4.78, 5) is 34.5. The van der Waals surface area contributed by atoms with Crippen LogP contribution >= 0.6 is 0 Å². The zero-order valence-corrected chi connectivity index (χ0v) is 20.1. The molecular weight excluding hydrogens is 458 g/mol. The topological polar surface area (TPSA) is 133 Å². The molecule has 3 N–H and O–H groups in total. The van der Waals surface area contributed by atoms with Crippen LogP contribution in [0.4, 0.5) is 5.95 Å². The zero-order valence-electron chi connectivity index (χ0n) is 20.1. The van der Waals surface area contributed by atoms with Gasteiger partial charge < -0.3 is 15.4 Å². The van der Waals surface area contributed by atoms with Gasteiger partial charge in [-0.2, -0.15) is 0 Å². The van der Waals surface area contributed by atoms with Crippen LogP contribution in [0, 0.1) is 0 Å². The summed E-state index contributed by atoms with van der Waals surface area (Å²) in [5, 5.41) is 15.0. The number of aromatic nitrogens is 6. The highest BCUT2D eigenvalue weighted by molar-refractivity contribution is 5.90. The molecule has 0 atom stereocenters. The molecule has 5 rings (SSSR count). The molecule has 0 radical (unpaired) electrons. The van der Waals surface area contributed by atoms with Crippen LogP contribution in [0.25, 0.3) is 28.0 Å². The second kappa shape index (κ2) is 8.58. The molecule has 182 valence electrons. The molecule has 1 aromatic carbocycles. The Morgan fingerprint density at radius 1 is 0.944 bits per heavy atom. The SMILES string of the molecule is Cn1cc(-c2c(-c3ccccc3)nc(N)n3c(=O)n(Cc4cccc(C(C)(C)O)n4)nc23)ccc1=O. The smallest absolute Gasteiger partial charge is 0.353 e. The summed E-state index contributed by atoms with van der Waals surface area (Å²) in [6, 6.07) is 17.8. The molecule has 10 nitrogen and oxygen atoms in total. The summed E-state index contributed by atoms with van der Waals surface area (Å²) in [5.74, 6) is -0.00752. The van der Waals surface area contributed by atoms with Gasteiger partial charge in [-0.15, -0.1) is 5.10 Å². The van der Waals surface area contributed by atoms with Crippen molar-refractivity contribution in [3.05, 3.63) is 99.1 Å². The van der Waals surface area contributed by atoms with Crippen molar-refractivity contribution in [2.75, 3.05) is 5.73 Å². The van der Waals surface area contributed by atoms with E-state index in [1.54, 1.807) is 51.4 Å². The van der Waals surface area contributed by atoms with Crippen molar-refractivity contribution in [3.8, 4) is 22.4 Å². The molecule has 0 unspecified atom stereocenters. The second-order valence-corrected chi connectivity index (χ2v) is 9.10. The van der Waals surface area contributed by atoms with Gasteiger partial charge in [0.2, 0.25) is 11.5 Å². The van der Waals surface area contributed by atoms with E-state index in [1.807, 2.05) is 30.3 Å². The number of benzene rings is 1. The van der Waals surface area contributed by atoms with E-state index in [2.05, 4.69) is 15.1 Å². The third-order valence-electron chi connectivity index (χ3n) is 5.92. The van der Waals surface area contributed by atoms with Crippen molar-refractivity contribution in [1.82, 2.24) is 28.7 Å². The Bertz CT molecular complexity index is 1710. The number of aryl methyl sites for hydroxylation is 1. The number of nitrogens with two attached hydrogens (primary N) is 1. The zero-order chi connectivity index (χ0) is 25.6. The normalized spacial score (nSPS) is 11.8. The molecule has 0 amide bonds. The van der Waals surface area contributed by atoms with Gasteiger partial charge in [0.1, 0.15) is 5.60 Å². The monoisotopic (exact) mass is 483 g/mol. The summed E-state index contributed by atoms with van der Waals surface area (Å²) < 4.78 is 3.98. The third kappa shape index (κ3) is 4.07. The van der Waals surface area contributed by atoms with Crippen LogP contribution < -0.4 is 17.0 Å². The third-order valence-corrected chi connectivity index (χ3v) is 5.92. The highest BCUT2D eigenvalue weighted by atomic mass is 16.3. The Hall–Kier alpha value is -4.57. The molecule has 0 aliphatic carbocycles. The first-order chi connectivity index (χ1) is 17.1. The van der Waals surface area contributed by atoms with Gasteiger partial charge in [-0.1, -0.05) is 36.4 Å². The van der Waals surface area contributed by atoms with Crippen molar-refractivity contribution in [2.24, 2.45) is 7.05 Å². The van der Waals surface area contributed by atoms with E-state index in [1.165, 1.54) is 19.7 Å². The minimum Gasteiger partial charge on any atom is -0.384 e. The molecule has 5 aromatic rings. The van der Waals surface area contributed by atoms with Crippen molar-refractivity contribution in [2.45, 2.75) is 26.0 Å². The van der Waals surface area contributed by atoms with Gasteiger partial charge in [0.05, 0.1) is 29.2 Å². The van der Waals surface area contributed by atoms with E-state index in [9.17, 15) is 14.7 Å². The van der Waals surface area contributed by atoms with Crippen LogP contribution in [0.1, 0.15) is 25.2 Å². The largest absolute Gasteiger partial charge is 0.384 e. The van der Waals surface area contributed by atoms with Crippen molar-refractivity contribution in [3.63, 3.8) is 0 Å². The molecule has 0 fully saturated rings. The molecule has 4 heterocycles. The molecule has 0 aliphatic rings. The minimum atomic E-state index is -1.13. The number of nitrogens with zero attached hydrogens (tertiary/aromatic N) is 6. The van der Waals surface area contributed by atoms with E-state index in [0.717, 1.165) is 5.56 Å². The fraction of sp³-hybridized carbons (Fsp3) is 0.192. The van der Waals surface area contributed by atoms with Crippen molar-refractivity contribution < 1.29 is 5.11 Å². The lowest BCUT2D eigenvalue weighted by molar-refractivity contribution is 0.0736. The molecule has 4 aromatic heterocycles. The van der Waals surface area contributed by atoms with Crippen molar-refractivity contribution in [1.29, 1.82) is 0 Å². The Labute approximate surface area is 205 Å². The lowest BCUT2D eigenvalue weighted by Gasteiger charge is -2.17. The fourth-order valence-electron chi connectivity index (χ4n) is 4.08. The highest BCUT2D eigenvalue weighted by Gasteiger charge is 2.23. The van der Waals surface area contributed by atoms with E-state index in [4.69, 9.17) is 5.73 Å². The van der Waals surface area contributed by atoms with Gasteiger partial charge in [-0.05, 0) is 32.0 Å². The standard InChI is InChI=1S/C26H25N7O3/c1-26(2,36)19-11-7-10-18(28-19)15-32-25(35)33-23(30-32)21(17-12-13-20(34)31(3)14-17)22(29-24(33)27)16-8-5-4-6-9-16/h4-14,36H,15H2,1-3H3,(H2,27,29). The number of hydrogen-bond donors (Lipinski definition) is 2. The van der Waals surface area contributed by atoms with E-state index >= 15 is 0 Å². The highest BCUT2D eigenvalue weighted by Crippen LogP contribution is 2.33. The number of fused-ring (bicyclic) bond motifs is 1. The first-order valence-electron chi connectivity index (χ1n) is 11.3. The van der Waals surface area contributed by atoms with Crippen LogP contribution in [0.15, 0.2) is 76.4 Å². The maximum atomic E-state index is 13.4. The summed E-state index contributed by atoms with van der Waals surface area (Å²) in [6.07, 6.45) is 1.68. The number of hydrogen-bond acceptors (Lipinski definition) is 7. The number of anilines is 1.